The van der Waals surface area contributed by atoms with E-state index in [0.29, 0.717) is 0 Å². The average molecular weight is 312 g/mol. The van der Waals surface area contributed by atoms with Crippen LogP contribution in [0, 0.1) is 0 Å². The van der Waals surface area contributed by atoms with Gasteiger partial charge in [0.1, 0.15) is 11.2 Å². The second kappa shape index (κ2) is 4.86. The van der Waals surface area contributed by atoms with Crippen LogP contribution in [0.15, 0.2) is 73.1 Å². The van der Waals surface area contributed by atoms with E-state index in [9.17, 15) is 0 Å². The fourth-order valence-electron chi connectivity index (χ4n) is 3.15. The maximum atomic E-state index is 4.58. The predicted molar refractivity (Wildman–Crippen MR) is 97.9 cm³/mol. The number of hydrogen-bond donors (Lipinski definition) is 0. The smallest absolute Gasteiger partial charge is 0.128 e. The summed E-state index contributed by atoms with van der Waals surface area (Å²) in [5.74, 6) is 0. The Kier molecular flexibility index (Phi) is 2.69. The largest absolute Gasteiger partial charge is 0.236 e. The zero-order chi connectivity index (χ0) is 15.2. The molecule has 23 heavy (non-hydrogen) atoms. The van der Waals surface area contributed by atoms with Gasteiger partial charge in [-0.3, -0.25) is 0 Å². The average Bonchev–Trinajstić information content (AvgIpc) is 3.01. The molecular formula is C20H12N2S. The van der Waals surface area contributed by atoms with Gasteiger partial charge in [0.15, 0.2) is 0 Å². The molecule has 0 atom stereocenters. The molecule has 0 spiro atoms. The first-order chi connectivity index (χ1) is 11.4. The summed E-state index contributed by atoms with van der Waals surface area (Å²) in [6, 6.07) is 23.2. The third-order valence-corrected chi connectivity index (χ3v) is 5.35. The monoisotopic (exact) mass is 312 g/mol. The summed E-state index contributed by atoms with van der Waals surface area (Å²) in [7, 11) is 0. The van der Waals surface area contributed by atoms with Gasteiger partial charge in [-0.05, 0) is 10.8 Å². The fraction of sp³-hybridized carbons (Fsp3) is 0. The van der Waals surface area contributed by atoms with Crippen molar-refractivity contribution in [3.63, 3.8) is 0 Å². The van der Waals surface area contributed by atoms with E-state index in [1.54, 1.807) is 17.7 Å². The molecule has 0 N–H and O–H groups in total. The summed E-state index contributed by atoms with van der Waals surface area (Å²) < 4.78 is 1.29. The molecule has 3 heteroatoms. The van der Waals surface area contributed by atoms with Gasteiger partial charge < -0.3 is 0 Å². The van der Waals surface area contributed by atoms with Crippen molar-refractivity contribution in [1.29, 1.82) is 0 Å². The highest BCUT2D eigenvalue weighted by atomic mass is 32.1. The molecule has 0 bridgehead atoms. The molecule has 0 fully saturated rings. The number of hydrogen-bond acceptors (Lipinski definition) is 3. The molecule has 0 amide bonds. The predicted octanol–water partition coefficient (Wildman–Crippen LogP) is 5.66. The van der Waals surface area contributed by atoms with Crippen molar-refractivity contribution in [2.24, 2.45) is 0 Å². The summed E-state index contributed by atoms with van der Waals surface area (Å²) >= 11 is 1.75. The molecule has 0 aliphatic rings. The zero-order valence-electron chi connectivity index (χ0n) is 12.2. The highest BCUT2D eigenvalue weighted by Gasteiger charge is 2.14. The summed E-state index contributed by atoms with van der Waals surface area (Å²) in [5, 5.41) is 4.94. The normalized spacial score (nSPS) is 11.5. The topological polar surface area (TPSA) is 25.8 Å². The standard InChI is InChI=1S/C20H12N2S/c1-2-7-14(8-3-1)18-17-16-11-10-13-6-4-5-9-15(13)19(16)23-20(17)22-12-21-18/h1-12H. The minimum absolute atomic E-state index is 1.01. The van der Waals surface area contributed by atoms with Gasteiger partial charge in [0.2, 0.25) is 0 Å². The first-order valence-electron chi connectivity index (χ1n) is 7.52. The Morgan fingerprint density at radius 2 is 1.52 bits per heavy atom. The van der Waals surface area contributed by atoms with Crippen LogP contribution in [0.4, 0.5) is 0 Å². The minimum Gasteiger partial charge on any atom is -0.236 e. The third kappa shape index (κ3) is 1.87. The summed E-state index contributed by atoms with van der Waals surface area (Å²) in [4.78, 5) is 10.1. The van der Waals surface area contributed by atoms with E-state index in [4.69, 9.17) is 0 Å². The Hall–Kier alpha value is -2.78. The lowest BCUT2D eigenvalue weighted by atomic mass is 10.0. The van der Waals surface area contributed by atoms with Crippen molar-refractivity contribution in [2.75, 3.05) is 0 Å². The van der Waals surface area contributed by atoms with Gasteiger partial charge in [-0.25, -0.2) is 9.97 Å². The van der Waals surface area contributed by atoms with Crippen LogP contribution >= 0.6 is 11.3 Å². The van der Waals surface area contributed by atoms with E-state index < -0.39 is 0 Å². The second-order valence-corrected chi connectivity index (χ2v) is 6.53. The highest BCUT2D eigenvalue weighted by Crippen LogP contribution is 2.40. The van der Waals surface area contributed by atoms with Crippen LogP contribution in [0.3, 0.4) is 0 Å². The van der Waals surface area contributed by atoms with Crippen LogP contribution in [0.5, 0.6) is 0 Å². The molecule has 3 aromatic carbocycles. The second-order valence-electron chi connectivity index (χ2n) is 5.53. The third-order valence-electron chi connectivity index (χ3n) is 4.21. The number of rotatable bonds is 1. The van der Waals surface area contributed by atoms with Gasteiger partial charge in [-0.15, -0.1) is 11.3 Å². The molecule has 108 valence electrons. The molecular weight excluding hydrogens is 300 g/mol. The molecule has 5 aromatic rings. The molecule has 0 radical (unpaired) electrons. The van der Waals surface area contributed by atoms with E-state index >= 15 is 0 Å². The van der Waals surface area contributed by atoms with E-state index in [1.165, 1.54) is 20.9 Å². The van der Waals surface area contributed by atoms with Gasteiger partial charge in [-0.2, -0.15) is 0 Å². The lowest BCUT2D eigenvalue weighted by Gasteiger charge is -2.03. The minimum atomic E-state index is 1.01. The molecule has 0 saturated carbocycles. The Morgan fingerprint density at radius 1 is 0.696 bits per heavy atom. The first kappa shape index (κ1) is 12.7. The van der Waals surface area contributed by atoms with Crippen LogP contribution < -0.4 is 0 Å². The SMILES string of the molecule is c1ccc(-c2ncnc3sc4c5ccccc5ccc4c23)cc1. The van der Waals surface area contributed by atoms with E-state index in [2.05, 4.69) is 58.5 Å². The van der Waals surface area contributed by atoms with Crippen LogP contribution in [0.1, 0.15) is 0 Å². The number of aromatic nitrogens is 2. The zero-order valence-corrected chi connectivity index (χ0v) is 13.0. The van der Waals surface area contributed by atoms with Gasteiger partial charge >= 0.3 is 0 Å². The quantitative estimate of drug-likeness (QED) is 0.399. The molecule has 0 aliphatic carbocycles. The molecule has 2 aromatic heterocycles. The highest BCUT2D eigenvalue weighted by molar-refractivity contribution is 7.26. The van der Waals surface area contributed by atoms with Crippen LogP contribution in [0.25, 0.3) is 42.3 Å². The Labute approximate surface area is 137 Å². The molecule has 0 saturated heterocycles. The van der Waals surface area contributed by atoms with Gasteiger partial charge in [0.05, 0.1) is 5.69 Å². The maximum Gasteiger partial charge on any atom is 0.128 e. The Balaban J connectivity index is 1.97. The number of thiophene rings is 1. The molecule has 2 nitrogen and oxygen atoms in total. The van der Waals surface area contributed by atoms with Crippen LogP contribution in [0.2, 0.25) is 0 Å². The number of fused-ring (bicyclic) bond motifs is 5. The van der Waals surface area contributed by atoms with Gasteiger partial charge in [-0.1, -0.05) is 66.7 Å². The van der Waals surface area contributed by atoms with E-state index in [-0.39, 0.29) is 0 Å². The first-order valence-corrected chi connectivity index (χ1v) is 8.34. The molecule has 2 heterocycles. The maximum absolute atomic E-state index is 4.58. The van der Waals surface area contributed by atoms with Gasteiger partial charge in [0, 0.05) is 21.0 Å². The van der Waals surface area contributed by atoms with Crippen molar-refractivity contribution in [1.82, 2.24) is 9.97 Å². The van der Waals surface area contributed by atoms with Crippen molar-refractivity contribution >= 4 is 42.4 Å². The fourth-order valence-corrected chi connectivity index (χ4v) is 4.33. The molecule has 0 aliphatic heterocycles. The van der Waals surface area contributed by atoms with Crippen LogP contribution in [-0.2, 0) is 0 Å². The van der Waals surface area contributed by atoms with E-state index in [1.807, 2.05) is 18.2 Å². The van der Waals surface area contributed by atoms with Crippen molar-refractivity contribution in [3.05, 3.63) is 73.1 Å². The summed E-state index contributed by atoms with van der Waals surface area (Å²) in [5.41, 5.74) is 2.14. The number of nitrogens with zero attached hydrogens (tertiary/aromatic N) is 2. The summed E-state index contributed by atoms with van der Waals surface area (Å²) in [6.07, 6.45) is 1.67. The van der Waals surface area contributed by atoms with Crippen molar-refractivity contribution in [2.45, 2.75) is 0 Å². The number of benzene rings is 3. The van der Waals surface area contributed by atoms with Crippen molar-refractivity contribution in [3.8, 4) is 11.3 Å². The Bertz CT molecular complexity index is 1160. The Morgan fingerprint density at radius 3 is 2.43 bits per heavy atom. The molecule has 0 unspecified atom stereocenters. The van der Waals surface area contributed by atoms with Gasteiger partial charge in [0.25, 0.3) is 0 Å². The lowest BCUT2D eigenvalue weighted by Crippen LogP contribution is -1.86. The van der Waals surface area contributed by atoms with Crippen LogP contribution in [-0.4, -0.2) is 9.97 Å². The van der Waals surface area contributed by atoms with Crippen molar-refractivity contribution < 1.29 is 0 Å². The summed E-state index contributed by atoms with van der Waals surface area (Å²) in [6.45, 7) is 0. The molecule has 5 rings (SSSR count). The lowest BCUT2D eigenvalue weighted by molar-refractivity contribution is 1.24. The van der Waals surface area contributed by atoms with E-state index in [0.717, 1.165) is 21.5 Å².